The molecule has 2 aromatic carbocycles. The molecule has 1 aliphatic rings. The van der Waals surface area contributed by atoms with Crippen LogP contribution in [0.15, 0.2) is 47.6 Å². The van der Waals surface area contributed by atoms with Gasteiger partial charge in [0, 0.05) is 17.9 Å². The van der Waals surface area contributed by atoms with E-state index in [1.54, 1.807) is 6.07 Å². The van der Waals surface area contributed by atoms with Crippen LogP contribution >= 0.6 is 11.8 Å². The summed E-state index contributed by atoms with van der Waals surface area (Å²) in [5.74, 6) is 2.81. The van der Waals surface area contributed by atoms with Crippen molar-refractivity contribution in [2.75, 3.05) is 6.79 Å². The number of aromatic nitrogens is 3. The number of benzene rings is 2. The molecule has 3 aromatic rings. The van der Waals surface area contributed by atoms with Gasteiger partial charge in [0.25, 0.3) is 5.91 Å². The van der Waals surface area contributed by atoms with Crippen LogP contribution in [0.25, 0.3) is 0 Å². The van der Waals surface area contributed by atoms with E-state index in [-0.39, 0.29) is 12.7 Å². The highest BCUT2D eigenvalue weighted by molar-refractivity contribution is 7.98. The summed E-state index contributed by atoms with van der Waals surface area (Å²) in [6, 6.07) is 13.2. The normalized spacial score (nSPS) is 12.2. The molecule has 0 saturated heterocycles. The van der Waals surface area contributed by atoms with E-state index in [0.29, 0.717) is 28.8 Å². The molecule has 4 rings (SSSR count). The maximum absolute atomic E-state index is 12.5. The Morgan fingerprint density at radius 2 is 2.07 bits per heavy atom. The van der Waals surface area contributed by atoms with Crippen LogP contribution < -0.4 is 14.8 Å². The Morgan fingerprint density at radius 1 is 1.19 bits per heavy atom. The predicted octanol–water partition coefficient (Wildman–Crippen LogP) is 3.06. The lowest BCUT2D eigenvalue weighted by Gasteiger charge is -2.08. The number of aryl methyl sites for hydroxylation is 1. The van der Waals surface area contributed by atoms with Crippen LogP contribution in [0.4, 0.5) is 0 Å². The van der Waals surface area contributed by atoms with Crippen LogP contribution in [0.5, 0.6) is 11.5 Å². The molecule has 27 heavy (non-hydrogen) atoms. The SMILES string of the molecule is Cc1nc(SCc2cccc(C(=O)NCc3ccc4c(c3)OCO4)c2)n[nH]1. The third kappa shape index (κ3) is 4.22. The maximum atomic E-state index is 12.5. The maximum Gasteiger partial charge on any atom is 0.251 e. The molecule has 1 aliphatic heterocycles. The van der Waals surface area contributed by atoms with E-state index in [0.717, 1.165) is 22.7 Å². The van der Waals surface area contributed by atoms with Crippen molar-refractivity contribution in [3.63, 3.8) is 0 Å². The number of H-pyrrole nitrogens is 1. The third-order valence-corrected chi connectivity index (χ3v) is 4.94. The van der Waals surface area contributed by atoms with Gasteiger partial charge in [-0.05, 0) is 42.3 Å². The first-order valence-electron chi connectivity index (χ1n) is 8.45. The minimum atomic E-state index is -0.117. The van der Waals surface area contributed by atoms with Gasteiger partial charge in [-0.3, -0.25) is 9.89 Å². The van der Waals surface area contributed by atoms with Gasteiger partial charge in [-0.1, -0.05) is 30.0 Å². The van der Waals surface area contributed by atoms with Crippen LogP contribution in [0.3, 0.4) is 0 Å². The van der Waals surface area contributed by atoms with Crippen LogP contribution in [0.2, 0.25) is 0 Å². The van der Waals surface area contributed by atoms with Gasteiger partial charge in [-0.2, -0.15) is 0 Å². The van der Waals surface area contributed by atoms with Gasteiger partial charge in [0.2, 0.25) is 11.9 Å². The molecule has 8 heteroatoms. The van der Waals surface area contributed by atoms with Crippen molar-refractivity contribution in [1.29, 1.82) is 0 Å². The Hall–Kier alpha value is -3.00. The van der Waals surface area contributed by atoms with Gasteiger partial charge in [-0.15, -0.1) is 5.10 Å². The Balaban J connectivity index is 1.35. The Morgan fingerprint density at radius 3 is 2.93 bits per heavy atom. The molecule has 1 aromatic heterocycles. The summed E-state index contributed by atoms with van der Waals surface area (Å²) in [7, 11) is 0. The molecule has 2 heterocycles. The lowest BCUT2D eigenvalue weighted by Crippen LogP contribution is -2.22. The van der Waals surface area contributed by atoms with Crippen LogP contribution in [0, 0.1) is 6.92 Å². The quantitative estimate of drug-likeness (QED) is 0.637. The van der Waals surface area contributed by atoms with Crippen molar-refractivity contribution in [2.24, 2.45) is 0 Å². The van der Waals surface area contributed by atoms with Gasteiger partial charge in [-0.25, -0.2) is 4.98 Å². The summed E-state index contributed by atoms with van der Waals surface area (Å²) < 4.78 is 10.7. The molecule has 2 N–H and O–H groups in total. The topological polar surface area (TPSA) is 89.1 Å². The molecular formula is C19H18N4O3S. The lowest BCUT2D eigenvalue weighted by atomic mass is 10.1. The molecule has 0 fully saturated rings. The van der Waals surface area contributed by atoms with Gasteiger partial charge in [0.05, 0.1) is 0 Å². The number of thioether (sulfide) groups is 1. The van der Waals surface area contributed by atoms with Crippen molar-refractivity contribution >= 4 is 17.7 Å². The zero-order valence-electron chi connectivity index (χ0n) is 14.7. The Kier molecular flexibility index (Phi) is 4.97. The highest BCUT2D eigenvalue weighted by Crippen LogP contribution is 2.32. The number of aromatic amines is 1. The van der Waals surface area contributed by atoms with Crippen molar-refractivity contribution in [2.45, 2.75) is 24.4 Å². The molecule has 0 radical (unpaired) electrons. The lowest BCUT2D eigenvalue weighted by molar-refractivity contribution is 0.0950. The average Bonchev–Trinajstić information content (AvgIpc) is 3.32. The second-order valence-corrected chi connectivity index (χ2v) is 7.01. The van der Waals surface area contributed by atoms with E-state index in [1.807, 2.05) is 43.3 Å². The monoisotopic (exact) mass is 382 g/mol. The van der Waals surface area contributed by atoms with E-state index in [2.05, 4.69) is 20.5 Å². The highest BCUT2D eigenvalue weighted by Gasteiger charge is 2.14. The zero-order chi connectivity index (χ0) is 18.6. The first-order valence-corrected chi connectivity index (χ1v) is 9.43. The summed E-state index contributed by atoms with van der Waals surface area (Å²) in [6.07, 6.45) is 0. The van der Waals surface area contributed by atoms with E-state index < -0.39 is 0 Å². The molecule has 138 valence electrons. The van der Waals surface area contributed by atoms with Gasteiger partial charge >= 0.3 is 0 Å². The molecule has 0 spiro atoms. The first kappa shape index (κ1) is 17.4. The van der Waals surface area contributed by atoms with Gasteiger partial charge in [0.1, 0.15) is 5.82 Å². The molecule has 7 nitrogen and oxygen atoms in total. The molecule has 0 unspecified atom stereocenters. The molecule has 0 bridgehead atoms. The smallest absolute Gasteiger partial charge is 0.251 e. The second kappa shape index (κ2) is 7.71. The largest absolute Gasteiger partial charge is 0.454 e. The van der Waals surface area contributed by atoms with Crippen LogP contribution in [0.1, 0.15) is 27.3 Å². The fraction of sp³-hybridized carbons (Fsp3) is 0.211. The minimum Gasteiger partial charge on any atom is -0.454 e. The molecule has 0 aliphatic carbocycles. The number of nitrogens with one attached hydrogen (secondary N) is 2. The van der Waals surface area contributed by atoms with Crippen molar-refractivity contribution in [3.8, 4) is 11.5 Å². The number of fused-ring (bicyclic) bond motifs is 1. The third-order valence-electron chi connectivity index (χ3n) is 4.02. The first-order chi connectivity index (χ1) is 13.2. The summed E-state index contributed by atoms with van der Waals surface area (Å²) >= 11 is 1.53. The van der Waals surface area contributed by atoms with E-state index in [9.17, 15) is 4.79 Å². The highest BCUT2D eigenvalue weighted by atomic mass is 32.2. The van der Waals surface area contributed by atoms with Crippen molar-refractivity contribution in [3.05, 3.63) is 65.0 Å². The number of carbonyl (C=O) groups is 1. The van der Waals surface area contributed by atoms with Gasteiger partial charge < -0.3 is 14.8 Å². The van der Waals surface area contributed by atoms with Crippen LogP contribution in [-0.2, 0) is 12.3 Å². The number of rotatable bonds is 6. The summed E-state index contributed by atoms with van der Waals surface area (Å²) in [5.41, 5.74) is 2.62. The van der Waals surface area contributed by atoms with E-state index in [1.165, 1.54) is 11.8 Å². The number of nitrogens with zero attached hydrogens (tertiary/aromatic N) is 2. The van der Waals surface area contributed by atoms with Crippen molar-refractivity contribution < 1.29 is 14.3 Å². The number of hydrogen-bond acceptors (Lipinski definition) is 6. The van der Waals surface area contributed by atoms with Gasteiger partial charge in [0.15, 0.2) is 11.5 Å². The molecule has 0 saturated carbocycles. The fourth-order valence-electron chi connectivity index (χ4n) is 2.67. The zero-order valence-corrected chi connectivity index (χ0v) is 15.5. The molecule has 0 atom stereocenters. The summed E-state index contributed by atoms with van der Waals surface area (Å²) in [4.78, 5) is 16.7. The van der Waals surface area contributed by atoms with E-state index >= 15 is 0 Å². The second-order valence-electron chi connectivity index (χ2n) is 6.06. The van der Waals surface area contributed by atoms with E-state index in [4.69, 9.17) is 9.47 Å². The number of carbonyl (C=O) groups excluding carboxylic acids is 1. The van der Waals surface area contributed by atoms with Crippen molar-refractivity contribution in [1.82, 2.24) is 20.5 Å². The fourth-order valence-corrected chi connectivity index (χ4v) is 3.46. The Bertz CT molecular complexity index is 973. The summed E-state index contributed by atoms with van der Waals surface area (Å²) in [6.45, 7) is 2.52. The standard InChI is InChI=1S/C19H18N4O3S/c1-12-21-19(23-22-12)27-10-14-3-2-4-15(7-14)18(24)20-9-13-5-6-16-17(8-13)26-11-25-16/h2-8H,9-11H2,1H3,(H,20,24)(H,21,22,23). The predicted molar refractivity (Wildman–Crippen MR) is 101 cm³/mol. The number of amides is 1. The molecule has 1 amide bonds. The van der Waals surface area contributed by atoms with Crippen LogP contribution in [-0.4, -0.2) is 27.9 Å². The minimum absolute atomic E-state index is 0.117. The Labute approximate surface area is 160 Å². The average molecular weight is 382 g/mol. The number of hydrogen-bond donors (Lipinski definition) is 2. The number of ether oxygens (including phenoxy) is 2. The summed E-state index contributed by atoms with van der Waals surface area (Å²) in [5, 5.41) is 10.6. The molecular weight excluding hydrogens is 364 g/mol.